The third-order valence-corrected chi connectivity index (χ3v) is 2.82. The lowest BCUT2D eigenvalue weighted by atomic mass is 10.2. The van der Waals surface area contributed by atoms with Gasteiger partial charge in [-0.2, -0.15) is 0 Å². The normalized spacial score (nSPS) is 11.8. The third kappa shape index (κ3) is 6.46. The number of hydrogen-bond donors (Lipinski definition) is 2. The Morgan fingerprint density at radius 2 is 2.05 bits per heavy atom. The molecule has 0 spiro atoms. The minimum Gasteiger partial charge on any atom is -0.493 e. The Morgan fingerprint density at radius 3 is 2.67 bits per heavy atom. The Kier molecular flexibility index (Phi) is 7.56. The van der Waals surface area contributed by atoms with E-state index >= 15 is 0 Å². The maximum atomic E-state index is 11.8. The molecule has 0 aliphatic carbocycles. The van der Waals surface area contributed by atoms with E-state index in [0.717, 1.165) is 0 Å². The summed E-state index contributed by atoms with van der Waals surface area (Å²) in [6.07, 6.45) is 1.04. The predicted octanol–water partition coefficient (Wildman–Crippen LogP) is 1.79. The predicted molar refractivity (Wildman–Crippen MR) is 81.9 cm³/mol. The van der Waals surface area contributed by atoms with Crippen LogP contribution in [-0.4, -0.2) is 39.4 Å². The summed E-state index contributed by atoms with van der Waals surface area (Å²) in [5.41, 5.74) is 6.30. The summed E-state index contributed by atoms with van der Waals surface area (Å²) in [4.78, 5) is 11.8. The second-order valence-corrected chi connectivity index (χ2v) is 4.77. The summed E-state index contributed by atoms with van der Waals surface area (Å²) in [5, 5.41) is 2.82. The number of nitrogens with one attached hydrogen (secondary N) is 1. The number of carbonyl (C=O) groups is 1. The van der Waals surface area contributed by atoms with Crippen LogP contribution in [-0.2, 0) is 9.53 Å². The fourth-order valence-electron chi connectivity index (χ4n) is 1.68. The van der Waals surface area contributed by atoms with Gasteiger partial charge in [0.1, 0.15) is 6.61 Å². The molecular formula is C15H24N2O4. The van der Waals surface area contributed by atoms with Gasteiger partial charge in [-0.1, -0.05) is 0 Å². The van der Waals surface area contributed by atoms with Crippen LogP contribution in [0.5, 0.6) is 11.5 Å². The molecule has 118 valence electrons. The van der Waals surface area contributed by atoms with E-state index in [1.807, 2.05) is 6.92 Å². The van der Waals surface area contributed by atoms with E-state index < -0.39 is 0 Å². The Labute approximate surface area is 125 Å². The first-order valence-electron chi connectivity index (χ1n) is 6.92. The van der Waals surface area contributed by atoms with E-state index in [0.29, 0.717) is 43.2 Å². The second-order valence-electron chi connectivity index (χ2n) is 4.77. The minimum atomic E-state index is -0.0692. The molecule has 3 N–H and O–H groups in total. The highest BCUT2D eigenvalue weighted by Crippen LogP contribution is 2.30. The van der Waals surface area contributed by atoms with Crippen molar-refractivity contribution in [3.8, 4) is 11.5 Å². The smallest absolute Gasteiger partial charge is 0.224 e. The van der Waals surface area contributed by atoms with Gasteiger partial charge in [0.05, 0.1) is 13.7 Å². The zero-order valence-corrected chi connectivity index (χ0v) is 12.8. The Hall–Kier alpha value is -1.79. The molecule has 0 saturated heterocycles. The number of benzene rings is 1. The lowest BCUT2D eigenvalue weighted by Gasteiger charge is -2.13. The fraction of sp³-hybridized carbons (Fsp3) is 0.533. The molecule has 0 saturated carbocycles. The first kappa shape index (κ1) is 17.3. The second kappa shape index (κ2) is 9.20. The van der Waals surface area contributed by atoms with Crippen molar-refractivity contribution in [1.82, 2.24) is 0 Å². The lowest BCUT2D eigenvalue weighted by molar-refractivity contribution is -0.116. The quantitative estimate of drug-likeness (QED) is 0.679. The number of methoxy groups -OCH3 is 2. The van der Waals surface area contributed by atoms with E-state index in [4.69, 9.17) is 19.9 Å². The van der Waals surface area contributed by atoms with Crippen molar-refractivity contribution in [2.45, 2.75) is 25.8 Å². The molecule has 1 aromatic rings. The number of hydrogen-bond acceptors (Lipinski definition) is 5. The van der Waals surface area contributed by atoms with Crippen molar-refractivity contribution >= 4 is 11.6 Å². The highest BCUT2D eigenvalue weighted by molar-refractivity contribution is 5.91. The molecule has 0 heterocycles. The first-order valence-corrected chi connectivity index (χ1v) is 6.92. The number of ether oxygens (including phenoxy) is 3. The molecular weight excluding hydrogens is 272 g/mol. The van der Waals surface area contributed by atoms with Gasteiger partial charge in [-0.05, 0) is 25.5 Å². The van der Waals surface area contributed by atoms with Crippen LogP contribution in [0.25, 0.3) is 0 Å². The van der Waals surface area contributed by atoms with Crippen LogP contribution in [0.1, 0.15) is 19.8 Å². The Morgan fingerprint density at radius 1 is 1.29 bits per heavy atom. The summed E-state index contributed by atoms with van der Waals surface area (Å²) in [6, 6.07) is 5.27. The summed E-state index contributed by atoms with van der Waals surface area (Å²) < 4.78 is 15.7. The topological polar surface area (TPSA) is 82.8 Å². The highest BCUT2D eigenvalue weighted by atomic mass is 16.5. The van der Waals surface area contributed by atoms with Crippen molar-refractivity contribution in [3.63, 3.8) is 0 Å². The number of amides is 1. The van der Waals surface area contributed by atoms with E-state index in [1.54, 1.807) is 32.4 Å². The van der Waals surface area contributed by atoms with Gasteiger partial charge in [-0.3, -0.25) is 4.79 Å². The molecule has 0 aliphatic rings. The number of rotatable bonds is 9. The van der Waals surface area contributed by atoms with Crippen molar-refractivity contribution in [2.75, 3.05) is 32.8 Å². The molecule has 21 heavy (non-hydrogen) atoms. The number of anilines is 1. The molecule has 0 radical (unpaired) electrons. The van der Waals surface area contributed by atoms with Gasteiger partial charge in [-0.15, -0.1) is 0 Å². The molecule has 0 fully saturated rings. The number of carbonyl (C=O) groups excluding carboxylic acids is 1. The van der Waals surface area contributed by atoms with E-state index in [1.165, 1.54) is 0 Å². The standard InChI is InChI=1S/C15H24N2O4/c1-11(16)4-7-15(18)17-12-5-6-13(20-3)14(10-12)21-9-8-19-2/h5-6,10-11H,4,7-9,16H2,1-3H3,(H,17,18). The van der Waals surface area contributed by atoms with Gasteiger partial charge in [0, 0.05) is 31.3 Å². The third-order valence-electron chi connectivity index (χ3n) is 2.82. The van der Waals surface area contributed by atoms with Gasteiger partial charge < -0.3 is 25.3 Å². The van der Waals surface area contributed by atoms with E-state index in [2.05, 4.69) is 5.32 Å². The van der Waals surface area contributed by atoms with Crippen LogP contribution < -0.4 is 20.5 Å². The molecule has 1 unspecified atom stereocenters. The van der Waals surface area contributed by atoms with Crippen LogP contribution >= 0.6 is 0 Å². The van der Waals surface area contributed by atoms with Crippen molar-refractivity contribution < 1.29 is 19.0 Å². The SMILES string of the molecule is COCCOc1cc(NC(=O)CCC(C)N)ccc1OC. The summed E-state index contributed by atoms with van der Waals surface area (Å²) in [7, 11) is 3.18. The molecule has 6 heteroatoms. The molecule has 6 nitrogen and oxygen atoms in total. The summed E-state index contributed by atoms with van der Waals surface area (Å²) in [5.74, 6) is 1.11. The van der Waals surface area contributed by atoms with E-state index in [-0.39, 0.29) is 11.9 Å². The largest absolute Gasteiger partial charge is 0.493 e. The van der Waals surface area contributed by atoms with Crippen LogP contribution in [0.3, 0.4) is 0 Å². The van der Waals surface area contributed by atoms with Gasteiger partial charge in [0.15, 0.2) is 11.5 Å². The molecule has 0 aromatic heterocycles. The van der Waals surface area contributed by atoms with E-state index in [9.17, 15) is 4.79 Å². The summed E-state index contributed by atoms with van der Waals surface area (Å²) >= 11 is 0. The maximum absolute atomic E-state index is 11.8. The van der Waals surface area contributed by atoms with Crippen molar-refractivity contribution in [3.05, 3.63) is 18.2 Å². The van der Waals surface area contributed by atoms with Crippen LogP contribution in [0.15, 0.2) is 18.2 Å². The highest BCUT2D eigenvalue weighted by Gasteiger charge is 2.09. The molecule has 0 bridgehead atoms. The minimum absolute atomic E-state index is 0.0135. The molecule has 1 rings (SSSR count). The zero-order valence-electron chi connectivity index (χ0n) is 12.8. The van der Waals surface area contributed by atoms with Crippen LogP contribution in [0.4, 0.5) is 5.69 Å². The maximum Gasteiger partial charge on any atom is 0.224 e. The molecule has 1 amide bonds. The fourth-order valence-corrected chi connectivity index (χ4v) is 1.68. The molecule has 0 aliphatic heterocycles. The van der Waals surface area contributed by atoms with Gasteiger partial charge >= 0.3 is 0 Å². The Balaban J connectivity index is 2.66. The summed E-state index contributed by atoms with van der Waals surface area (Å²) in [6.45, 7) is 2.77. The first-order chi connectivity index (χ1) is 10.1. The van der Waals surface area contributed by atoms with Crippen molar-refractivity contribution in [2.24, 2.45) is 5.73 Å². The lowest BCUT2D eigenvalue weighted by Crippen LogP contribution is -2.19. The Bertz CT molecular complexity index is 449. The molecule has 1 atom stereocenters. The van der Waals surface area contributed by atoms with Gasteiger partial charge in [0.25, 0.3) is 0 Å². The van der Waals surface area contributed by atoms with Crippen molar-refractivity contribution in [1.29, 1.82) is 0 Å². The monoisotopic (exact) mass is 296 g/mol. The van der Waals surface area contributed by atoms with Gasteiger partial charge in [0.2, 0.25) is 5.91 Å². The van der Waals surface area contributed by atoms with Crippen LogP contribution in [0.2, 0.25) is 0 Å². The average Bonchev–Trinajstić information content (AvgIpc) is 2.46. The van der Waals surface area contributed by atoms with Gasteiger partial charge in [-0.25, -0.2) is 0 Å². The van der Waals surface area contributed by atoms with Crippen LogP contribution in [0, 0.1) is 0 Å². The zero-order chi connectivity index (χ0) is 15.7. The average molecular weight is 296 g/mol. The number of nitrogens with two attached hydrogens (primary N) is 1. The molecule has 1 aromatic carbocycles.